The van der Waals surface area contributed by atoms with Gasteiger partial charge in [-0.2, -0.15) is 0 Å². The van der Waals surface area contributed by atoms with E-state index >= 15 is 0 Å². The number of nitrogens with one attached hydrogen (secondary N) is 4. The van der Waals surface area contributed by atoms with Crippen molar-refractivity contribution >= 4 is 35.4 Å². The molecule has 3 rings (SSSR count). The summed E-state index contributed by atoms with van der Waals surface area (Å²) in [7, 11) is 0. The summed E-state index contributed by atoms with van der Waals surface area (Å²) in [5.74, 6) is -0.349. The average molecular weight is 495 g/mol. The summed E-state index contributed by atoms with van der Waals surface area (Å²) in [6.07, 6.45) is -2.83. The molecule has 3 aromatic rings. The van der Waals surface area contributed by atoms with Gasteiger partial charge < -0.3 is 25.3 Å². The summed E-state index contributed by atoms with van der Waals surface area (Å²) in [4.78, 5) is 49.3. The first-order valence-corrected chi connectivity index (χ1v) is 10.8. The van der Waals surface area contributed by atoms with Crippen molar-refractivity contribution in [1.29, 1.82) is 0 Å². The van der Waals surface area contributed by atoms with Crippen molar-refractivity contribution in [2.75, 3.05) is 10.6 Å². The second-order valence-electron chi connectivity index (χ2n) is 7.89. The van der Waals surface area contributed by atoms with Gasteiger partial charge in [0, 0.05) is 29.4 Å². The molecule has 0 radical (unpaired) electrons. The quantitative estimate of drug-likeness (QED) is 0.270. The SMILES string of the molecule is Cc1nc(-c2ccc(N[C@@H](C)C(=O)NC(=O)O)cc2)c(-c2ccc(N[C@@H](C)C(=O)NC(=O)O)cc2)o1. The molecule has 0 bridgehead atoms. The fraction of sp³-hybridized carbons (Fsp3) is 0.208. The van der Waals surface area contributed by atoms with Crippen molar-refractivity contribution in [1.82, 2.24) is 15.6 Å². The molecule has 0 aliphatic heterocycles. The molecule has 0 saturated carbocycles. The minimum absolute atomic E-state index is 0.460. The van der Waals surface area contributed by atoms with Gasteiger partial charge in [0.25, 0.3) is 11.8 Å². The van der Waals surface area contributed by atoms with Crippen LogP contribution in [0, 0.1) is 6.92 Å². The average Bonchev–Trinajstić information content (AvgIpc) is 3.20. The highest BCUT2D eigenvalue weighted by Crippen LogP contribution is 2.33. The Morgan fingerprint density at radius 2 is 1.17 bits per heavy atom. The zero-order valence-corrected chi connectivity index (χ0v) is 19.7. The number of benzene rings is 2. The Hall–Kier alpha value is -4.87. The van der Waals surface area contributed by atoms with E-state index in [-0.39, 0.29) is 0 Å². The van der Waals surface area contributed by atoms with Crippen molar-refractivity contribution in [2.45, 2.75) is 32.9 Å². The van der Waals surface area contributed by atoms with E-state index in [1.54, 1.807) is 79.9 Å². The predicted octanol–water partition coefficient (Wildman–Crippen LogP) is 3.51. The number of aromatic nitrogens is 1. The number of hydrogen-bond acceptors (Lipinski definition) is 8. The van der Waals surface area contributed by atoms with Gasteiger partial charge in [0.15, 0.2) is 11.7 Å². The highest BCUT2D eigenvalue weighted by molar-refractivity contribution is 5.96. The fourth-order valence-electron chi connectivity index (χ4n) is 3.32. The van der Waals surface area contributed by atoms with E-state index in [2.05, 4.69) is 15.6 Å². The maximum absolute atomic E-state index is 11.8. The number of imide groups is 2. The molecular formula is C24H25N5O7. The van der Waals surface area contributed by atoms with E-state index in [9.17, 15) is 19.2 Å². The monoisotopic (exact) mass is 495 g/mol. The van der Waals surface area contributed by atoms with Gasteiger partial charge in [0.1, 0.15) is 17.8 Å². The summed E-state index contributed by atoms with van der Waals surface area (Å²) in [6.45, 7) is 4.81. The molecule has 2 aromatic carbocycles. The van der Waals surface area contributed by atoms with Gasteiger partial charge in [-0.3, -0.25) is 20.2 Å². The molecule has 12 nitrogen and oxygen atoms in total. The van der Waals surface area contributed by atoms with Crippen LogP contribution in [0.5, 0.6) is 0 Å². The summed E-state index contributed by atoms with van der Waals surface area (Å²) >= 11 is 0. The van der Waals surface area contributed by atoms with Crippen LogP contribution in [-0.2, 0) is 9.59 Å². The van der Waals surface area contributed by atoms with Crippen LogP contribution in [0.25, 0.3) is 22.6 Å². The van der Waals surface area contributed by atoms with Gasteiger partial charge in [-0.15, -0.1) is 0 Å². The normalized spacial score (nSPS) is 12.2. The Bertz CT molecular complexity index is 1170. The molecule has 0 unspecified atom stereocenters. The molecule has 36 heavy (non-hydrogen) atoms. The van der Waals surface area contributed by atoms with E-state index in [0.29, 0.717) is 28.7 Å². The lowest BCUT2D eigenvalue weighted by Gasteiger charge is -2.14. The van der Waals surface area contributed by atoms with Crippen molar-refractivity contribution in [3.63, 3.8) is 0 Å². The van der Waals surface area contributed by atoms with E-state index < -0.39 is 36.1 Å². The second kappa shape index (κ2) is 11.0. The van der Waals surface area contributed by atoms with Crippen LogP contribution in [0.4, 0.5) is 21.0 Å². The van der Waals surface area contributed by atoms with Crippen LogP contribution in [0.1, 0.15) is 19.7 Å². The molecule has 6 N–H and O–H groups in total. The van der Waals surface area contributed by atoms with Gasteiger partial charge >= 0.3 is 12.2 Å². The third-order valence-electron chi connectivity index (χ3n) is 5.05. The van der Waals surface area contributed by atoms with Crippen LogP contribution < -0.4 is 21.3 Å². The molecule has 0 saturated heterocycles. The number of amides is 4. The molecule has 0 fully saturated rings. The first-order valence-electron chi connectivity index (χ1n) is 10.8. The van der Waals surface area contributed by atoms with E-state index in [0.717, 1.165) is 11.1 Å². The fourth-order valence-corrected chi connectivity index (χ4v) is 3.32. The molecule has 1 aromatic heterocycles. The number of aryl methyl sites for hydroxylation is 1. The first kappa shape index (κ1) is 25.7. The molecule has 2 atom stereocenters. The van der Waals surface area contributed by atoms with E-state index in [1.165, 1.54) is 0 Å². The second-order valence-corrected chi connectivity index (χ2v) is 7.89. The largest absolute Gasteiger partial charge is 0.465 e. The smallest absolute Gasteiger partial charge is 0.411 e. The molecule has 188 valence electrons. The van der Waals surface area contributed by atoms with Crippen LogP contribution in [0.15, 0.2) is 52.9 Å². The maximum Gasteiger partial charge on any atom is 0.411 e. The van der Waals surface area contributed by atoms with Crippen molar-refractivity contribution < 1.29 is 33.8 Å². The summed E-state index contributed by atoms with van der Waals surface area (Å²) < 4.78 is 5.84. The molecule has 12 heteroatoms. The van der Waals surface area contributed by atoms with Crippen molar-refractivity contribution in [3.8, 4) is 22.6 Å². The van der Waals surface area contributed by atoms with Crippen molar-refractivity contribution in [3.05, 3.63) is 54.4 Å². The third kappa shape index (κ3) is 6.59. The first-order chi connectivity index (χ1) is 17.0. The van der Waals surface area contributed by atoms with Gasteiger partial charge in [0.05, 0.1) is 0 Å². The number of carbonyl (C=O) groups excluding carboxylic acids is 2. The van der Waals surface area contributed by atoms with Gasteiger partial charge in [-0.05, 0) is 50.2 Å². The summed E-state index contributed by atoms with van der Waals surface area (Å²) in [5, 5.41) is 26.8. The number of carbonyl (C=O) groups is 4. The van der Waals surface area contributed by atoms with Crippen LogP contribution in [-0.4, -0.2) is 51.3 Å². The highest BCUT2D eigenvalue weighted by Gasteiger charge is 2.18. The van der Waals surface area contributed by atoms with Crippen LogP contribution in [0.3, 0.4) is 0 Å². The lowest BCUT2D eigenvalue weighted by Crippen LogP contribution is -2.40. The molecule has 0 aliphatic carbocycles. The Morgan fingerprint density at radius 3 is 1.58 bits per heavy atom. The zero-order chi connectivity index (χ0) is 26.4. The zero-order valence-electron chi connectivity index (χ0n) is 19.7. The highest BCUT2D eigenvalue weighted by atomic mass is 16.4. The lowest BCUT2D eigenvalue weighted by atomic mass is 10.0. The molecule has 4 amide bonds. The number of oxazole rings is 1. The Balaban J connectivity index is 1.74. The van der Waals surface area contributed by atoms with Gasteiger partial charge in [-0.25, -0.2) is 14.6 Å². The van der Waals surface area contributed by atoms with E-state index in [1.807, 2.05) is 0 Å². The molecule has 0 spiro atoms. The topological polar surface area (TPSA) is 183 Å². The Labute approximate surface area is 205 Å². The van der Waals surface area contributed by atoms with Crippen molar-refractivity contribution in [2.24, 2.45) is 0 Å². The maximum atomic E-state index is 11.8. The number of rotatable bonds is 8. The lowest BCUT2D eigenvalue weighted by molar-refractivity contribution is -0.121. The van der Waals surface area contributed by atoms with Crippen LogP contribution in [0.2, 0.25) is 0 Å². The minimum atomic E-state index is -1.42. The molecule has 0 aliphatic rings. The van der Waals surface area contributed by atoms with Gasteiger partial charge in [-0.1, -0.05) is 12.1 Å². The minimum Gasteiger partial charge on any atom is -0.465 e. The van der Waals surface area contributed by atoms with Gasteiger partial charge in [0.2, 0.25) is 0 Å². The standard InChI is InChI=1S/C24H25N5O7/c1-12(21(30)28-23(32)33)25-17-8-4-15(5-9-17)19-20(36-14(3)27-19)16-6-10-18(11-7-16)26-13(2)22(31)29-24(34)35/h4-13,25-26H,1-3H3,(H,28,30)(H,29,31)(H,32,33)(H,34,35)/t12-,13-/m0/s1. The Kier molecular flexibility index (Phi) is 7.89. The van der Waals surface area contributed by atoms with Crippen LogP contribution >= 0.6 is 0 Å². The molecular weight excluding hydrogens is 470 g/mol. The summed E-state index contributed by atoms with van der Waals surface area (Å²) in [5.41, 5.74) is 3.33. The molecule has 1 heterocycles. The number of hydrogen-bond donors (Lipinski definition) is 6. The number of anilines is 2. The van der Waals surface area contributed by atoms with E-state index in [4.69, 9.17) is 14.6 Å². The predicted molar refractivity (Wildman–Crippen MR) is 131 cm³/mol. The number of carboxylic acid groups (broad SMARTS) is 2. The number of nitrogens with zero attached hydrogens (tertiary/aromatic N) is 1. The summed E-state index contributed by atoms with van der Waals surface area (Å²) in [6, 6.07) is 12.6. The third-order valence-corrected chi connectivity index (χ3v) is 5.05. The Morgan fingerprint density at radius 1 is 0.750 bits per heavy atom.